The Balaban J connectivity index is 2.65. The molecule has 2 heteroatoms. The molecule has 0 bridgehead atoms. The second-order valence-corrected chi connectivity index (χ2v) is 4.03. The first-order valence-electron chi connectivity index (χ1n) is 4.68. The molecule has 72 valence electrons. The number of hydrogen-bond donors (Lipinski definition) is 1. The van der Waals surface area contributed by atoms with Gasteiger partial charge in [-0.3, -0.25) is 0 Å². The standard InChI is InChI=1S/C11H15BrO/c1-2-3-8-11(13)9-6-4-5-7-10(9)12/h4-7,11,13H,2-3,8H2,1H3. The van der Waals surface area contributed by atoms with Crippen LogP contribution in [-0.2, 0) is 0 Å². The number of unbranched alkanes of at least 4 members (excludes halogenated alkanes) is 1. The van der Waals surface area contributed by atoms with Gasteiger partial charge in [0.25, 0.3) is 0 Å². The number of aliphatic hydroxyl groups excluding tert-OH is 1. The fourth-order valence-electron chi connectivity index (χ4n) is 1.30. The van der Waals surface area contributed by atoms with E-state index >= 15 is 0 Å². The van der Waals surface area contributed by atoms with Gasteiger partial charge in [0.15, 0.2) is 0 Å². The van der Waals surface area contributed by atoms with Crippen molar-refractivity contribution in [3.63, 3.8) is 0 Å². The predicted octanol–water partition coefficient (Wildman–Crippen LogP) is 3.67. The molecule has 0 amide bonds. The third-order valence-electron chi connectivity index (χ3n) is 2.10. The molecule has 0 saturated carbocycles. The lowest BCUT2D eigenvalue weighted by atomic mass is 10.0. The molecule has 0 spiro atoms. The van der Waals surface area contributed by atoms with Gasteiger partial charge in [-0.25, -0.2) is 0 Å². The van der Waals surface area contributed by atoms with Gasteiger partial charge in [-0.15, -0.1) is 0 Å². The first-order valence-corrected chi connectivity index (χ1v) is 5.47. The average molecular weight is 243 g/mol. The minimum Gasteiger partial charge on any atom is -0.388 e. The van der Waals surface area contributed by atoms with E-state index < -0.39 is 0 Å². The van der Waals surface area contributed by atoms with Crippen molar-refractivity contribution in [2.45, 2.75) is 32.3 Å². The highest BCUT2D eigenvalue weighted by molar-refractivity contribution is 9.10. The summed E-state index contributed by atoms with van der Waals surface area (Å²) in [7, 11) is 0. The van der Waals surface area contributed by atoms with Crippen LogP contribution in [0.3, 0.4) is 0 Å². The van der Waals surface area contributed by atoms with Gasteiger partial charge in [0, 0.05) is 4.47 Å². The number of benzene rings is 1. The van der Waals surface area contributed by atoms with Crippen LogP contribution < -0.4 is 0 Å². The summed E-state index contributed by atoms with van der Waals surface area (Å²) in [5.74, 6) is 0. The zero-order chi connectivity index (χ0) is 9.68. The van der Waals surface area contributed by atoms with Crippen molar-refractivity contribution in [2.24, 2.45) is 0 Å². The second kappa shape index (κ2) is 5.40. The Kier molecular flexibility index (Phi) is 4.46. The molecule has 1 N–H and O–H groups in total. The number of rotatable bonds is 4. The van der Waals surface area contributed by atoms with Crippen LogP contribution in [0, 0.1) is 0 Å². The average Bonchev–Trinajstić information content (AvgIpc) is 2.15. The molecule has 0 fully saturated rings. The van der Waals surface area contributed by atoms with Crippen LogP contribution in [-0.4, -0.2) is 5.11 Å². The van der Waals surface area contributed by atoms with Crippen LogP contribution in [0.2, 0.25) is 0 Å². The third kappa shape index (κ3) is 3.12. The zero-order valence-electron chi connectivity index (χ0n) is 7.83. The maximum absolute atomic E-state index is 9.80. The summed E-state index contributed by atoms with van der Waals surface area (Å²) in [6.07, 6.45) is 2.72. The highest BCUT2D eigenvalue weighted by atomic mass is 79.9. The normalized spacial score (nSPS) is 12.8. The molecule has 0 aliphatic carbocycles. The molecule has 0 aliphatic rings. The van der Waals surface area contributed by atoms with Crippen LogP contribution in [0.4, 0.5) is 0 Å². The fourth-order valence-corrected chi connectivity index (χ4v) is 1.85. The lowest BCUT2D eigenvalue weighted by Gasteiger charge is -2.11. The molecule has 0 heterocycles. The van der Waals surface area contributed by atoms with Gasteiger partial charge in [-0.05, 0) is 18.1 Å². The summed E-state index contributed by atoms with van der Waals surface area (Å²) in [5, 5.41) is 9.80. The van der Waals surface area contributed by atoms with E-state index in [0.717, 1.165) is 29.3 Å². The van der Waals surface area contributed by atoms with Crippen molar-refractivity contribution in [3.8, 4) is 0 Å². The van der Waals surface area contributed by atoms with Gasteiger partial charge in [-0.1, -0.05) is 53.9 Å². The molecular formula is C11H15BrO. The minimum absolute atomic E-state index is 0.324. The highest BCUT2D eigenvalue weighted by Gasteiger charge is 2.08. The molecule has 1 atom stereocenters. The monoisotopic (exact) mass is 242 g/mol. The van der Waals surface area contributed by atoms with Crippen molar-refractivity contribution in [2.75, 3.05) is 0 Å². The van der Waals surface area contributed by atoms with Crippen molar-refractivity contribution in [1.82, 2.24) is 0 Å². The smallest absolute Gasteiger partial charge is 0.0800 e. The van der Waals surface area contributed by atoms with Gasteiger partial charge in [0.05, 0.1) is 6.10 Å². The van der Waals surface area contributed by atoms with Gasteiger partial charge in [0.1, 0.15) is 0 Å². The van der Waals surface area contributed by atoms with Crippen molar-refractivity contribution in [3.05, 3.63) is 34.3 Å². The molecule has 0 radical (unpaired) electrons. The van der Waals surface area contributed by atoms with Crippen molar-refractivity contribution in [1.29, 1.82) is 0 Å². The van der Waals surface area contributed by atoms with E-state index in [9.17, 15) is 5.11 Å². The maximum Gasteiger partial charge on any atom is 0.0800 e. The third-order valence-corrected chi connectivity index (χ3v) is 2.82. The minimum atomic E-state index is -0.324. The highest BCUT2D eigenvalue weighted by Crippen LogP contribution is 2.26. The van der Waals surface area contributed by atoms with Crippen LogP contribution in [0.1, 0.15) is 37.9 Å². The summed E-state index contributed by atoms with van der Waals surface area (Å²) in [5.41, 5.74) is 0.996. The molecule has 1 nitrogen and oxygen atoms in total. The van der Waals surface area contributed by atoms with Crippen LogP contribution in [0.5, 0.6) is 0 Å². The quantitative estimate of drug-likeness (QED) is 0.855. The first kappa shape index (κ1) is 10.7. The Labute approximate surface area is 87.9 Å². The second-order valence-electron chi connectivity index (χ2n) is 3.18. The lowest BCUT2D eigenvalue weighted by molar-refractivity contribution is 0.163. The van der Waals surface area contributed by atoms with Crippen LogP contribution in [0.15, 0.2) is 28.7 Å². The summed E-state index contributed by atoms with van der Waals surface area (Å²) in [4.78, 5) is 0. The Morgan fingerprint density at radius 2 is 2.08 bits per heavy atom. The maximum atomic E-state index is 9.80. The fraction of sp³-hybridized carbons (Fsp3) is 0.455. The van der Waals surface area contributed by atoms with E-state index in [2.05, 4.69) is 22.9 Å². The molecule has 1 aromatic carbocycles. The molecule has 1 unspecified atom stereocenters. The largest absolute Gasteiger partial charge is 0.388 e. The van der Waals surface area contributed by atoms with E-state index in [1.54, 1.807) is 0 Å². The molecule has 1 rings (SSSR count). The Bertz CT molecular complexity index is 260. The summed E-state index contributed by atoms with van der Waals surface area (Å²) in [6.45, 7) is 2.13. The summed E-state index contributed by atoms with van der Waals surface area (Å²) < 4.78 is 0.999. The molecule has 13 heavy (non-hydrogen) atoms. The van der Waals surface area contributed by atoms with E-state index in [4.69, 9.17) is 0 Å². The van der Waals surface area contributed by atoms with Crippen molar-refractivity contribution >= 4 is 15.9 Å². The van der Waals surface area contributed by atoms with E-state index in [-0.39, 0.29) is 6.10 Å². The number of halogens is 1. The topological polar surface area (TPSA) is 20.2 Å². The SMILES string of the molecule is CCCCC(O)c1ccccc1Br. The summed E-state index contributed by atoms with van der Waals surface area (Å²) >= 11 is 3.43. The van der Waals surface area contributed by atoms with Gasteiger partial charge < -0.3 is 5.11 Å². The molecule has 1 aromatic rings. The van der Waals surface area contributed by atoms with Gasteiger partial charge in [0.2, 0.25) is 0 Å². The van der Waals surface area contributed by atoms with Crippen LogP contribution in [0.25, 0.3) is 0 Å². The van der Waals surface area contributed by atoms with Crippen LogP contribution >= 0.6 is 15.9 Å². The van der Waals surface area contributed by atoms with Crippen molar-refractivity contribution < 1.29 is 5.11 Å². The van der Waals surface area contributed by atoms with E-state index in [1.165, 1.54) is 0 Å². The van der Waals surface area contributed by atoms with Gasteiger partial charge >= 0.3 is 0 Å². The van der Waals surface area contributed by atoms with E-state index in [0.29, 0.717) is 0 Å². The Morgan fingerprint density at radius 3 is 2.69 bits per heavy atom. The molecule has 0 saturated heterocycles. The molecular weight excluding hydrogens is 228 g/mol. The molecule has 0 aromatic heterocycles. The number of hydrogen-bond acceptors (Lipinski definition) is 1. The number of aliphatic hydroxyl groups is 1. The molecule has 0 aliphatic heterocycles. The van der Waals surface area contributed by atoms with Gasteiger partial charge in [-0.2, -0.15) is 0 Å². The lowest BCUT2D eigenvalue weighted by Crippen LogP contribution is -1.97. The zero-order valence-corrected chi connectivity index (χ0v) is 9.42. The first-order chi connectivity index (χ1) is 6.25. The Morgan fingerprint density at radius 1 is 1.38 bits per heavy atom. The predicted molar refractivity (Wildman–Crippen MR) is 58.6 cm³/mol. The van der Waals surface area contributed by atoms with E-state index in [1.807, 2.05) is 24.3 Å². The Hall–Kier alpha value is -0.340. The summed E-state index contributed by atoms with van der Waals surface area (Å²) in [6, 6.07) is 7.84.